The first-order valence-corrected chi connectivity index (χ1v) is 4.52. The predicted octanol–water partition coefficient (Wildman–Crippen LogP) is 1.04. The second-order valence-electron chi connectivity index (χ2n) is 3.22. The van der Waals surface area contributed by atoms with Crippen molar-refractivity contribution >= 4 is 10.9 Å². The van der Waals surface area contributed by atoms with E-state index in [4.69, 9.17) is 4.74 Å². The molecule has 5 heteroatoms. The Labute approximate surface area is 89.3 Å². The number of halogens is 1. The summed E-state index contributed by atoms with van der Waals surface area (Å²) >= 11 is 0. The normalized spacial score (nSPS) is 10.4. The number of ether oxygens (including phenoxy) is 1. The molecule has 0 aliphatic carbocycles. The lowest BCUT2D eigenvalue weighted by Gasteiger charge is -1.91. The van der Waals surface area contributed by atoms with E-state index >= 15 is 0 Å². The van der Waals surface area contributed by atoms with Crippen LogP contribution in [0, 0.1) is 5.82 Å². The molecule has 0 saturated heterocycles. The van der Waals surface area contributed by atoms with Gasteiger partial charge in [-0.3, -0.25) is 9.59 Å². The third-order valence-electron chi connectivity index (χ3n) is 2.20. The van der Waals surface area contributed by atoms with Gasteiger partial charge in [0.2, 0.25) is 0 Å². The molecule has 1 N–H and O–H groups in total. The molecule has 0 fully saturated rings. The first-order chi connectivity index (χ1) is 7.61. The van der Waals surface area contributed by atoms with E-state index in [0.29, 0.717) is 0 Å². The lowest BCUT2D eigenvalue weighted by molar-refractivity contribution is 0.409. The van der Waals surface area contributed by atoms with E-state index in [1.165, 1.54) is 13.2 Å². The van der Waals surface area contributed by atoms with Crippen LogP contribution in [-0.2, 0) is 0 Å². The molecule has 0 radical (unpaired) electrons. The molecule has 82 valence electrons. The van der Waals surface area contributed by atoms with E-state index in [-0.39, 0.29) is 16.7 Å². The topological polar surface area (TPSA) is 59.2 Å². The van der Waals surface area contributed by atoms with Crippen LogP contribution in [-0.4, -0.2) is 12.1 Å². The van der Waals surface area contributed by atoms with Crippen molar-refractivity contribution in [3.05, 3.63) is 50.7 Å². The number of aromatic amines is 1. The second kappa shape index (κ2) is 3.77. The van der Waals surface area contributed by atoms with Crippen molar-refractivity contribution in [2.75, 3.05) is 7.11 Å². The molecule has 0 bridgehead atoms. The molecular formula is C11H8FNO3. The molecule has 0 aliphatic heterocycles. The molecule has 16 heavy (non-hydrogen) atoms. The summed E-state index contributed by atoms with van der Waals surface area (Å²) < 4.78 is 17.7. The fraction of sp³-hybridized carbons (Fsp3) is 0.0909. The van der Waals surface area contributed by atoms with Gasteiger partial charge in [0.05, 0.1) is 12.6 Å². The number of fused-ring (bicyclic) bond motifs is 1. The molecule has 2 aromatic rings. The van der Waals surface area contributed by atoms with Crippen LogP contribution in [0.2, 0.25) is 0 Å². The molecule has 0 unspecified atom stereocenters. The van der Waals surface area contributed by atoms with E-state index < -0.39 is 16.8 Å². The first kappa shape index (κ1) is 10.4. The molecule has 1 aromatic carbocycles. The summed E-state index contributed by atoms with van der Waals surface area (Å²) in [6.07, 6.45) is 0. The first-order valence-electron chi connectivity index (χ1n) is 4.52. The van der Waals surface area contributed by atoms with Gasteiger partial charge in [-0.05, 0) is 18.2 Å². The van der Waals surface area contributed by atoms with Crippen molar-refractivity contribution in [2.24, 2.45) is 0 Å². The summed E-state index contributed by atoms with van der Waals surface area (Å²) in [7, 11) is 1.29. The van der Waals surface area contributed by atoms with Crippen LogP contribution in [0.15, 0.2) is 33.9 Å². The lowest BCUT2D eigenvalue weighted by atomic mass is 10.2. The fourth-order valence-corrected chi connectivity index (χ4v) is 1.43. The van der Waals surface area contributed by atoms with Gasteiger partial charge in [-0.25, -0.2) is 4.39 Å². The van der Waals surface area contributed by atoms with Crippen LogP contribution < -0.4 is 15.7 Å². The number of hydrogen-bond acceptors (Lipinski definition) is 3. The number of methoxy groups -OCH3 is 1. The number of rotatable bonds is 1. The molecule has 0 spiro atoms. The quantitative estimate of drug-likeness (QED) is 0.782. The van der Waals surface area contributed by atoms with Crippen LogP contribution in [0.1, 0.15) is 0 Å². The average Bonchev–Trinajstić information content (AvgIpc) is 2.35. The molecule has 0 aliphatic rings. The predicted molar refractivity (Wildman–Crippen MR) is 57.3 cm³/mol. The van der Waals surface area contributed by atoms with Crippen LogP contribution >= 0.6 is 0 Å². The number of aromatic nitrogens is 1. The van der Waals surface area contributed by atoms with Gasteiger partial charge >= 0.3 is 0 Å². The zero-order valence-electron chi connectivity index (χ0n) is 8.41. The number of nitrogens with one attached hydrogen (secondary N) is 1. The Morgan fingerprint density at radius 1 is 1.25 bits per heavy atom. The van der Waals surface area contributed by atoms with Gasteiger partial charge in [0.1, 0.15) is 5.82 Å². The highest BCUT2D eigenvalue weighted by Crippen LogP contribution is 2.08. The number of hydrogen-bond donors (Lipinski definition) is 1. The van der Waals surface area contributed by atoms with E-state index in [0.717, 1.165) is 18.2 Å². The summed E-state index contributed by atoms with van der Waals surface area (Å²) in [6.45, 7) is 0. The zero-order valence-corrected chi connectivity index (χ0v) is 8.41. The standard InChI is InChI=1S/C11H8FNO3/c1-16-10-5-9(14)7-3-2-6(12)4-8(7)13-11(10)15/h2-5H,1H3,(H,13,15). The van der Waals surface area contributed by atoms with Gasteiger partial charge in [0, 0.05) is 11.5 Å². The molecular weight excluding hydrogens is 213 g/mol. The van der Waals surface area contributed by atoms with Crippen LogP contribution in [0.3, 0.4) is 0 Å². The minimum Gasteiger partial charge on any atom is -0.491 e. The Hall–Kier alpha value is -2.17. The highest BCUT2D eigenvalue weighted by Gasteiger charge is 2.04. The summed E-state index contributed by atoms with van der Waals surface area (Å²) in [5.74, 6) is -0.616. The largest absolute Gasteiger partial charge is 0.491 e. The minimum absolute atomic E-state index is 0.0957. The molecule has 0 atom stereocenters. The fourth-order valence-electron chi connectivity index (χ4n) is 1.43. The Morgan fingerprint density at radius 3 is 2.69 bits per heavy atom. The van der Waals surface area contributed by atoms with Crippen molar-refractivity contribution in [1.29, 1.82) is 0 Å². The van der Waals surface area contributed by atoms with Crippen molar-refractivity contribution in [3.63, 3.8) is 0 Å². The summed E-state index contributed by atoms with van der Waals surface area (Å²) in [5, 5.41) is 0.238. The Morgan fingerprint density at radius 2 is 2.00 bits per heavy atom. The molecule has 1 heterocycles. The number of H-pyrrole nitrogens is 1. The third-order valence-corrected chi connectivity index (χ3v) is 2.20. The maximum Gasteiger partial charge on any atom is 0.290 e. The van der Waals surface area contributed by atoms with E-state index in [1.54, 1.807) is 0 Å². The van der Waals surface area contributed by atoms with Crippen molar-refractivity contribution in [1.82, 2.24) is 4.98 Å². The van der Waals surface area contributed by atoms with Gasteiger partial charge in [0.15, 0.2) is 11.2 Å². The third kappa shape index (κ3) is 1.67. The van der Waals surface area contributed by atoms with Crippen molar-refractivity contribution in [2.45, 2.75) is 0 Å². The van der Waals surface area contributed by atoms with E-state index in [2.05, 4.69) is 4.98 Å². The summed E-state index contributed by atoms with van der Waals surface area (Å²) in [4.78, 5) is 25.5. The van der Waals surface area contributed by atoms with Gasteiger partial charge < -0.3 is 9.72 Å². The molecule has 0 saturated carbocycles. The maximum atomic E-state index is 12.9. The Kier molecular flexibility index (Phi) is 2.44. The Bertz CT molecular complexity index is 663. The van der Waals surface area contributed by atoms with Crippen LogP contribution in [0.25, 0.3) is 10.9 Å². The molecule has 0 amide bonds. The van der Waals surface area contributed by atoms with Crippen LogP contribution in [0.4, 0.5) is 4.39 Å². The summed E-state index contributed by atoms with van der Waals surface area (Å²) in [5.41, 5.74) is -0.816. The van der Waals surface area contributed by atoms with Crippen molar-refractivity contribution < 1.29 is 9.13 Å². The van der Waals surface area contributed by atoms with Gasteiger partial charge in [-0.1, -0.05) is 0 Å². The van der Waals surface area contributed by atoms with Crippen molar-refractivity contribution in [3.8, 4) is 5.75 Å². The minimum atomic E-state index is -0.569. The Balaban J connectivity index is 3.01. The lowest BCUT2D eigenvalue weighted by Crippen LogP contribution is -2.05. The van der Waals surface area contributed by atoms with Crippen LogP contribution in [0.5, 0.6) is 5.75 Å². The average molecular weight is 221 g/mol. The molecule has 2 rings (SSSR count). The highest BCUT2D eigenvalue weighted by atomic mass is 19.1. The SMILES string of the molecule is COc1cc(=O)c2ccc(F)cc2[nH]c1=O. The van der Waals surface area contributed by atoms with E-state index in [9.17, 15) is 14.0 Å². The molecule has 4 nitrogen and oxygen atoms in total. The zero-order chi connectivity index (χ0) is 11.7. The maximum absolute atomic E-state index is 12.9. The highest BCUT2D eigenvalue weighted by molar-refractivity contribution is 5.77. The number of benzene rings is 1. The second-order valence-corrected chi connectivity index (χ2v) is 3.22. The van der Waals surface area contributed by atoms with E-state index in [1.807, 2.05) is 0 Å². The summed E-state index contributed by atoms with van der Waals surface area (Å²) in [6, 6.07) is 4.66. The van der Waals surface area contributed by atoms with Gasteiger partial charge in [-0.15, -0.1) is 0 Å². The van der Waals surface area contributed by atoms with Gasteiger partial charge in [-0.2, -0.15) is 0 Å². The smallest absolute Gasteiger partial charge is 0.290 e. The molecule has 1 aromatic heterocycles. The monoisotopic (exact) mass is 221 g/mol. The van der Waals surface area contributed by atoms with Gasteiger partial charge in [0.25, 0.3) is 5.56 Å².